The minimum atomic E-state index is 0.749. The number of likely N-dealkylation sites (tertiary alicyclic amines) is 1. The van der Waals surface area contributed by atoms with Crippen molar-refractivity contribution in [2.45, 2.75) is 50.8 Å². The number of guanidine groups is 1. The van der Waals surface area contributed by atoms with Gasteiger partial charge in [0.15, 0.2) is 5.96 Å². The lowest BCUT2D eigenvalue weighted by Crippen LogP contribution is -2.50. The summed E-state index contributed by atoms with van der Waals surface area (Å²) in [6.07, 6.45) is 5.37. The lowest BCUT2D eigenvalue weighted by molar-refractivity contribution is 0.163. The smallest absolute Gasteiger partial charge is 0.193 e. The molecule has 122 valence electrons. The molecule has 0 aliphatic carbocycles. The fraction of sp³-hybridized carbons (Fsp3) is 0.938. The van der Waals surface area contributed by atoms with E-state index < -0.39 is 0 Å². The van der Waals surface area contributed by atoms with Gasteiger partial charge in [0.05, 0.1) is 0 Å². The molecule has 0 aromatic heterocycles. The molecule has 0 aromatic carbocycles. The molecular formula is C16H32N4S. The van der Waals surface area contributed by atoms with Gasteiger partial charge < -0.3 is 10.2 Å². The Morgan fingerprint density at radius 1 is 1.33 bits per heavy atom. The van der Waals surface area contributed by atoms with E-state index >= 15 is 0 Å². The van der Waals surface area contributed by atoms with E-state index in [0.29, 0.717) is 0 Å². The Morgan fingerprint density at radius 2 is 2.19 bits per heavy atom. The Bertz CT molecular complexity index is 334. The molecule has 4 nitrogen and oxygen atoms in total. The Hall–Kier alpha value is -0.420. The zero-order valence-electron chi connectivity index (χ0n) is 14.0. The van der Waals surface area contributed by atoms with Crippen LogP contribution in [0.2, 0.25) is 0 Å². The molecule has 2 saturated heterocycles. The van der Waals surface area contributed by atoms with Crippen molar-refractivity contribution in [3.05, 3.63) is 0 Å². The summed E-state index contributed by atoms with van der Waals surface area (Å²) in [5.41, 5.74) is 0. The summed E-state index contributed by atoms with van der Waals surface area (Å²) in [5.74, 6) is 2.32. The number of piperidine rings is 1. The van der Waals surface area contributed by atoms with Gasteiger partial charge in [0.2, 0.25) is 0 Å². The van der Waals surface area contributed by atoms with Crippen LogP contribution in [-0.4, -0.2) is 72.6 Å². The Kier molecular flexibility index (Phi) is 7.17. The first-order valence-corrected chi connectivity index (χ1v) is 9.60. The zero-order chi connectivity index (χ0) is 15.1. The van der Waals surface area contributed by atoms with E-state index in [-0.39, 0.29) is 0 Å². The number of nitrogens with zero attached hydrogens (tertiary/aromatic N) is 3. The summed E-state index contributed by atoms with van der Waals surface area (Å²) in [6, 6.07) is 0.749. The Labute approximate surface area is 134 Å². The lowest BCUT2D eigenvalue weighted by atomic mass is 10.0. The molecule has 5 heteroatoms. The van der Waals surface area contributed by atoms with Crippen LogP contribution < -0.4 is 5.32 Å². The van der Waals surface area contributed by atoms with Crippen LogP contribution in [0.5, 0.6) is 0 Å². The van der Waals surface area contributed by atoms with Crippen molar-refractivity contribution in [3.63, 3.8) is 0 Å². The van der Waals surface area contributed by atoms with Gasteiger partial charge in [-0.25, -0.2) is 0 Å². The van der Waals surface area contributed by atoms with Gasteiger partial charge in [-0.3, -0.25) is 9.89 Å². The minimum Gasteiger partial charge on any atom is -0.355 e. The second kappa shape index (κ2) is 8.89. The summed E-state index contributed by atoms with van der Waals surface area (Å²) in [4.78, 5) is 9.54. The van der Waals surface area contributed by atoms with Crippen LogP contribution in [-0.2, 0) is 0 Å². The molecule has 1 N–H and O–H groups in total. The SMILES string of the molecule is CCC1CN(C(=NC)NCCN2CCCCC2C)CCS1. The van der Waals surface area contributed by atoms with Crippen molar-refractivity contribution in [2.24, 2.45) is 4.99 Å². The third kappa shape index (κ3) is 5.06. The average Bonchev–Trinajstić information content (AvgIpc) is 2.53. The predicted molar refractivity (Wildman–Crippen MR) is 94.4 cm³/mol. The third-order valence-electron chi connectivity index (χ3n) is 4.73. The molecule has 2 aliphatic heterocycles. The maximum absolute atomic E-state index is 4.49. The maximum Gasteiger partial charge on any atom is 0.193 e. The molecule has 0 aromatic rings. The summed E-state index contributed by atoms with van der Waals surface area (Å²) in [5, 5.41) is 4.34. The topological polar surface area (TPSA) is 30.9 Å². The van der Waals surface area contributed by atoms with Gasteiger partial charge in [0.25, 0.3) is 0 Å². The molecule has 21 heavy (non-hydrogen) atoms. The van der Waals surface area contributed by atoms with Gasteiger partial charge in [0, 0.05) is 50.3 Å². The zero-order valence-corrected chi connectivity index (χ0v) is 14.8. The molecular weight excluding hydrogens is 280 g/mol. The number of nitrogens with one attached hydrogen (secondary N) is 1. The number of hydrogen-bond acceptors (Lipinski definition) is 3. The molecule has 2 rings (SSSR count). The second-order valence-corrected chi connectivity index (χ2v) is 7.61. The molecule has 2 fully saturated rings. The third-order valence-corrected chi connectivity index (χ3v) is 6.10. The highest BCUT2D eigenvalue weighted by Gasteiger charge is 2.22. The van der Waals surface area contributed by atoms with E-state index in [1.807, 2.05) is 7.05 Å². The first kappa shape index (κ1) is 16.9. The van der Waals surface area contributed by atoms with Crippen molar-refractivity contribution in [1.29, 1.82) is 0 Å². The van der Waals surface area contributed by atoms with Crippen molar-refractivity contribution in [1.82, 2.24) is 15.1 Å². The van der Waals surface area contributed by atoms with E-state index in [1.165, 1.54) is 38.0 Å². The van der Waals surface area contributed by atoms with E-state index in [1.54, 1.807) is 0 Å². The Morgan fingerprint density at radius 3 is 2.90 bits per heavy atom. The van der Waals surface area contributed by atoms with Crippen LogP contribution in [0.3, 0.4) is 0 Å². The van der Waals surface area contributed by atoms with Crippen molar-refractivity contribution in [2.75, 3.05) is 45.5 Å². The highest BCUT2D eigenvalue weighted by atomic mass is 32.2. The van der Waals surface area contributed by atoms with Gasteiger partial charge >= 0.3 is 0 Å². The highest BCUT2D eigenvalue weighted by molar-refractivity contribution is 8.00. The lowest BCUT2D eigenvalue weighted by Gasteiger charge is -2.36. The van der Waals surface area contributed by atoms with Gasteiger partial charge in [-0.1, -0.05) is 13.3 Å². The van der Waals surface area contributed by atoms with Crippen LogP contribution in [0.4, 0.5) is 0 Å². The molecule has 2 aliphatic rings. The van der Waals surface area contributed by atoms with E-state index in [2.05, 4.69) is 45.7 Å². The molecule has 2 heterocycles. The van der Waals surface area contributed by atoms with Crippen LogP contribution in [0.1, 0.15) is 39.5 Å². The number of thioether (sulfide) groups is 1. The largest absolute Gasteiger partial charge is 0.355 e. The van der Waals surface area contributed by atoms with Gasteiger partial charge in [0.1, 0.15) is 0 Å². The van der Waals surface area contributed by atoms with Crippen molar-refractivity contribution >= 4 is 17.7 Å². The van der Waals surface area contributed by atoms with Gasteiger partial charge in [-0.2, -0.15) is 11.8 Å². The monoisotopic (exact) mass is 312 g/mol. The average molecular weight is 313 g/mol. The van der Waals surface area contributed by atoms with Crippen molar-refractivity contribution < 1.29 is 0 Å². The van der Waals surface area contributed by atoms with Gasteiger partial charge in [-0.15, -0.1) is 0 Å². The van der Waals surface area contributed by atoms with E-state index in [4.69, 9.17) is 0 Å². The van der Waals surface area contributed by atoms with Gasteiger partial charge in [-0.05, 0) is 32.7 Å². The fourth-order valence-corrected chi connectivity index (χ4v) is 4.47. The van der Waals surface area contributed by atoms with Crippen LogP contribution in [0.15, 0.2) is 4.99 Å². The fourth-order valence-electron chi connectivity index (χ4n) is 3.29. The van der Waals surface area contributed by atoms with E-state index in [9.17, 15) is 0 Å². The summed E-state index contributed by atoms with van der Waals surface area (Å²) >= 11 is 2.11. The van der Waals surface area contributed by atoms with Crippen molar-refractivity contribution in [3.8, 4) is 0 Å². The molecule has 0 bridgehead atoms. The molecule has 0 saturated carbocycles. The molecule has 0 radical (unpaired) electrons. The minimum absolute atomic E-state index is 0.749. The first-order chi connectivity index (χ1) is 10.2. The maximum atomic E-state index is 4.49. The first-order valence-electron chi connectivity index (χ1n) is 8.55. The molecule has 2 atom stereocenters. The van der Waals surface area contributed by atoms with E-state index in [0.717, 1.165) is 43.4 Å². The van der Waals surface area contributed by atoms with Crippen LogP contribution >= 0.6 is 11.8 Å². The predicted octanol–water partition coefficient (Wildman–Crippen LogP) is 2.26. The number of aliphatic imine (C=N–C) groups is 1. The van der Waals surface area contributed by atoms with Crippen LogP contribution in [0, 0.1) is 0 Å². The quantitative estimate of drug-likeness (QED) is 0.637. The second-order valence-electron chi connectivity index (χ2n) is 6.20. The standard InChI is InChI=1S/C16H32N4S/c1-4-15-13-20(11-12-21-15)16(17-3)18-8-10-19-9-6-5-7-14(19)2/h14-15H,4-13H2,1-3H3,(H,17,18). The Balaban J connectivity index is 1.74. The normalized spacial score (nSPS) is 28.7. The van der Waals surface area contributed by atoms with Crippen LogP contribution in [0.25, 0.3) is 0 Å². The molecule has 0 spiro atoms. The molecule has 2 unspecified atom stereocenters. The summed E-state index contributed by atoms with van der Waals surface area (Å²) in [6.45, 7) is 10.3. The highest BCUT2D eigenvalue weighted by Crippen LogP contribution is 2.21. The number of hydrogen-bond donors (Lipinski definition) is 1. The summed E-state index contributed by atoms with van der Waals surface area (Å²) in [7, 11) is 1.91. The number of rotatable bonds is 4. The summed E-state index contributed by atoms with van der Waals surface area (Å²) < 4.78 is 0. The molecule has 0 amide bonds.